The lowest BCUT2D eigenvalue weighted by molar-refractivity contribution is -0.00541. The molecular formula is C15H23NO3. The Morgan fingerprint density at radius 2 is 2.21 bits per heavy atom. The van der Waals surface area contributed by atoms with Crippen LogP contribution in [0.15, 0.2) is 16.7 Å². The molecule has 1 saturated carbocycles. The number of amides is 1. The Balaban J connectivity index is 1.90. The topological polar surface area (TPSA) is 62.5 Å². The third-order valence-corrected chi connectivity index (χ3v) is 4.09. The Morgan fingerprint density at radius 1 is 1.53 bits per heavy atom. The highest BCUT2D eigenvalue weighted by molar-refractivity contribution is 5.95. The number of aryl methyl sites for hydroxylation is 1. The van der Waals surface area contributed by atoms with Gasteiger partial charge in [0.2, 0.25) is 0 Å². The van der Waals surface area contributed by atoms with Gasteiger partial charge in [0.05, 0.1) is 17.4 Å². The van der Waals surface area contributed by atoms with Crippen LogP contribution in [-0.2, 0) is 6.42 Å². The van der Waals surface area contributed by atoms with Gasteiger partial charge in [0.15, 0.2) is 0 Å². The van der Waals surface area contributed by atoms with Crippen LogP contribution in [0.2, 0.25) is 0 Å². The maximum absolute atomic E-state index is 12.1. The molecule has 19 heavy (non-hydrogen) atoms. The second-order valence-corrected chi connectivity index (χ2v) is 5.70. The lowest BCUT2D eigenvalue weighted by atomic mass is 9.79. The van der Waals surface area contributed by atoms with E-state index >= 15 is 0 Å². The Bertz CT molecular complexity index is 430. The molecule has 0 unspecified atom stereocenters. The lowest BCUT2D eigenvalue weighted by Gasteiger charge is -2.34. The molecule has 0 atom stereocenters. The molecule has 1 fully saturated rings. The van der Waals surface area contributed by atoms with E-state index in [1.54, 1.807) is 6.07 Å². The second kappa shape index (κ2) is 5.78. The molecule has 0 radical (unpaired) electrons. The summed E-state index contributed by atoms with van der Waals surface area (Å²) in [6.07, 6.45) is 5.81. The van der Waals surface area contributed by atoms with E-state index in [1.807, 2.05) is 6.92 Å². The van der Waals surface area contributed by atoms with Gasteiger partial charge in [0.1, 0.15) is 5.76 Å². The van der Waals surface area contributed by atoms with Crippen LogP contribution in [0.3, 0.4) is 0 Å². The molecule has 1 aromatic heterocycles. The van der Waals surface area contributed by atoms with Crippen molar-refractivity contribution in [2.75, 3.05) is 6.54 Å². The van der Waals surface area contributed by atoms with E-state index in [-0.39, 0.29) is 5.91 Å². The zero-order valence-corrected chi connectivity index (χ0v) is 11.7. The summed E-state index contributed by atoms with van der Waals surface area (Å²) in [5.41, 5.74) is -0.159. The van der Waals surface area contributed by atoms with Crippen molar-refractivity contribution in [1.82, 2.24) is 5.32 Å². The smallest absolute Gasteiger partial charge is 0.254 e. The summed E-state index contributed by atoms with van der Waals surface area (Å²) in [6.45, 7) is 4.48. The SMILES string of the molecule is CCc1occc1C(=O)NCC1(O)CCC(C)CC1. The van der Waals surface area contributed by atoms with Crippen molar-refractivity contribution in [2.45, 2.75) is 51.6 Å². The molecule has 0 saturated heterocycles. The van der Waals surface area contributed by atoms with Gasteiger partial charge in [-0.3, -0.25) is 4.79 Å². The molecule has 0 aliphatic heterocycles. The molecular weight excluding hydrogens is 242 g/mol. The molecule has 0 aromatic carbocycles. The van der Waals surface area contributed by atoms with Crippen LogP contribution in [0, 0.1) is 5.92 Å². The minimum atomic E-state index is -0.738. The normalized spacial score (nSPS) is 27.2. The van der Waals surface area contributed by atoms with Crippen LogP contribution >= 0.6 is 0 Å². The molecule has 2 N–H and O–H groups in total. The molecule has 1 heterocycles. The van der Waals surface area contributed by atoms with E-state index in [4.69, 9.17) is 4.42 Å². The number of carbonyl (C=O) groups excluding carboxylic acids is 1. The average Bonchev–Trinajstić information content (AvgIpc) is 2.88. The summed E-state index contributed by atoms with van der Waals surface area (Å²) in [5, 5.41) is 13.3. The van der Waals surface area contributed by atoms with Crippen LogP contribution in [0.4, 0.5) is 0 Å². The first-order chi connectivity index (χ1) is 9.04. The Morgan fingerprint density at radius 3 is 2.84 bits per heavy atom. The van der Waals surface area contributed by atoms with Gasteiger partial charge >= 0.3 is 0 Å². The number of rotatable bonds is 4. The highest BCUT2D eigenvalue weighted by Gasteiger charge is 2.32. The predicted molar refractivity (Wildman–Crippen MR) is 73.0 cm³/mol. The van der Waals surface area contributed by atoms with Gasteiger partial charge < -0.3 is 14.8 Å². The zero-order chi connectivity index (χ0) is 13.9. The van der Waals surface area contributed by atoms with Crippen LogP contribution in [0.5, 0.6) is 0 Å². The molecule has 106 valence electrons. The number of nitrogens with one attached hydrogen (secondary N) is 1. The molecule has 2 rings (SSSR count). The second-order valence-electron chi connectivity index (χ2n) is 5.70. The van der Waals surface area contributed by atoms with Gasteiger partial charge in [-0.25, -0.2) is 0 Å². The summed E-state index contributed by atoms with van der Waals surface area (Å²) >= 11 is 0. The third-order valence-electron chi connectivity index (χ3n) is 4.09. The number of hydrogen-bond donors (Lipinski definition) is 2. The van der Waals surface area contributed by atoms with Crippen molar-refractivity contribution < 1.29 is 14.3 Å². The average molecular weight is 265 g/mol. The van der Waals surface area contributed by atoms with Gasteiger partial charge in [-0.1, -0.05) is 13.8 Å². The third kappa shape index (κ3) is 3.38. The van der Waals surface area contributed by atoms with Gasteiger partial charge in [0, 0.05) is 13.0 Å². The fraction of sp³-hybridized carbons (Fsp3) is 0.667. The first-order valence-corrected chi connectivity index (χ1v) is 7.11. The molecule has 0 spiro atoms. The number of furan rings is 1. The van der Waals surface area contributed by atoms with E-state index < -0.39 is 5.60 Å². The fourth-order valence-electron chi connectivity index (χ4n) is 2.63. The van der Waals surface area contributed by atoms with Crippen LogP contribution in [0.1, 0.15) is 55.6 Å². The van der Waals surface area contributed by atoms with E-state index in [2.05, 4.69) is 12.2 Å². The number of aliphatic hydroxyl groups is 1. The zero-order valence-electron chi connectivity index (χ0n) is 11.7. The van der Waals surface area contributed by atoms with E-state index in [0.717, 1.165) is 25.7 Å². The molecule has 4 heteroatoms. The standard InChI is InChI=1S/C15H23NO3/c1-3-13-12(6-9-19-13)14(17)16-10-15(18)7-4-11(2)5-8-15/h6,9,11,18H,3-5,7-8,10H2,1-2H3,(H,16,17). The largest absolute Gasteiger partial charge is 0.469 e. The van der Waals surface area contributed by atoms with Gasteiger partial charge in [-0.05, 0) is 37.7 Å². The summed E-state index contributed by atoms with van der Waals surface area (Å²) < 4.78 is 5.24. The quantitative estimate of drug-likeness (QED) is 0.879. The van der Waals surface area contributed by atoms with Crippen LogP contribution in [0.25, 0.3) is 0 Å². The fourth-order valence-corrected chi connectivity index (χ4v) is 2.63. The van der Waals surface area contributed by atoms with Crippen molar-refractivity contribution >= 4 is 5.91 Å². The van der Waals surface area contributed by atoms with E-state index in [9.17, 15) is 9.90 Å². The minimum Gasteiger partial charge on any atom is -0.469 e. The summed E-state index contributed by atoms with van der Waals surface area (Å²) in [4.78, 5) is 12.1. The molecule has 0 bridgehead atoms. The molecule has 1 amide bonds. The summed E-state index contributed by atoms with van der Waals surface area (Å²) in [6, 6.07) is 1.68. The van der Waals surface area contributed by atoms with Crippen molar-refractivity contribution in [1.29, 1.82) is 0 Å². The van der Waals surface area contributed by atoms with Crippen molar-refractivity contribution in [3.8, 4) is 0 Å². The first kappa shape index (κ1) is 14.1. The van der Waals surface area contributed by atoms with Crippen LogP contribution in [-0.4, -0.2) is 23.2 Å². The highest BCUT2D eigenvalue weighted by Crippen LogP contribution is 2.31. The maximum Gasteiger partial charge on any atom is 0.254 e. The summed E-state index contributed by atoms with van der Waals surface area (Å²) in [7, 11) is 0. The van der Waals surface area contributed by atoms with Gasteiger partial charge in [-0.15, -0.1) is 0 Å². The summed E-state index contributed by atoms with van der Waals surface area (Å²) in [5.74, 6) is 1.22. The number of carbonyl (C=O) groups is 1. The number of hydrogen-bond acceptors (Lipinski definition) is 3. The van der Waals surface area contributed by atoms with Crippen LogP contribution < -0.4 is 5.32 Å². The van der Waals surface area contributed by atoms with Gasteiger partial charge in [-0.2, -0.15) is 0 Å². The Labute approximate surface area is 114 Å². The van der Waals surface area contributed by atoms with E-state index in [0.29, 0.717) is 30.2 Å². The molecule has 1 aliphatic rings. The predicted octanol–water partition coefficient (Wildman–Crippen LogP) is 2.51. The molecule has 4 nitrogen and oxygen atoms in total. The minimum absolute atomic E-state index is 0.155. The first-order valence-electron chi connectivity index (χ1n) is 7.11. The van der Waals surface area contributed by atoms with Crippen molar-refractivity contribution in [3.05, 3.63) is 23.7 Å². The van der Waals surface area contributed by atoms with Gasteiger partial charge in [0.25, 0.3) is 5.91 Å². The monoisotopic (exact) mass is 265 g/mol. The maximum atomic E-state index is 12.1. The lowest BCUT2D eigenvalue weighted by Crippen LogP contribution is -2.45. The molecule has 1 aromatic rings. The van der Waals surface area contributed by atoms with E-state index in [1.165, 1.54) is 6.26 Å². The highest BCUT2D eigenvalue weighted by atomic mass is 16.3. The molecule has 1 aliphatic carbocycles. The van der Waals surface area contributed by atoms with Crippen molar-refractivity contribution in [3.63, 3.8) is 0 Å². The Hall–Kier alpha value is -1.29. The van der Waals surface area contributed by atoms with Crippen molar-refractivity contribution in [2.24, 2.45) is 5.92 Å². The Kier molecular flexibility index (Phi) is 4.30.